The maximum absolute atomic E-state index is 11.8. The summed E-state index contributed by atoms with van der Waals surface area (Å²) in [7, 11) is 0. The quantitative estimate of drug-likeness (QED) is 0.893. The Morgan fingerprint density at radius 1 is 1.32 bits per heavy atom. The minimum atomic E-state index is -0.672. The molecule has 3 N–H and O–H groups in total. The molecule has 6 nitrogen and oxygen atoms in total. The SMILES string of the molecule is Cc1cc(C)n(-c2ccc(NC(=O)C3(N)CC3)cn2)n1.Cl.Cl. The van der Waals surface area contributed by atoms with Crippen molar-refractivity contribution in [3.8, 4) is 5.82 Å². The highest BCUT2D eigenvalue weighted by molar-refractivity contribution is 5.99. The Balaban J connectivity index is 0.00000121. The lowest BCUT2D eigenvalue weighted by molar-refractivity contribution is -0.118. The van der Waals surface area contributed by atoms with Crippen molar-refractivity contribution in [2.75, 3.05) is 5.32 Å². The van der Waals surface area contributed by atoms with Gasteiger partial charge in [0.25, 0.3) is 0 Å². The van der Waals surface area contributed by atoms with Crippen molar-refractivity contribution in [1.82, 2.24) is 14.8 Å². The minimum Gasteiger partial charge on any atom is -0.323 e. The molecule has 2 aromatic rings. The number of hydrogen-bond donors (Lipinski definition) is 2. The topological polar surface area (TPSA) is 85.8 Å². The number of hydrogen-bond acceptors (Lipinski definition) is 4. The molecule has 1 aliphatic carbocycles. The van der Waals surface area contributed by atoms with E-state index in [1.807, 2.05) is 32.0 Å². The molecule has 0 aliphatic heterocycles. The zero-order valence-corrected chi connectivity index (χ0v) is 14.0. The van der Waals surface area contributed by atoms with Crippen LogP contribution in [0.4, 0.5) is 5.69 Å². The van der Waals surface area contributed by atoms with E-state index >= 15 is 0 Å². The van der Waals surface area contributed by atoms with Gasteiger partial charge in [0, 0.05) is 5.69 Å². The summed E-state index contributed by atoms with van der Waals surface area (Å²) in [5.74, 6) is 0.584. The van der Waals surface area contributed by atoms with E-state index in [1.54, 1.807) is 10.9 Å². The first-order valence-electron chi connectivity index (χ1n) is 6.58. The van der Waals surface area contributed by atoms with Crippen LogP contribution in [0.15, 0.2) is 24.4 Å². The number of anilines is 1. The molecule has 0 aromatic carbocycles. The van der Waals surface area contributed by atoms with Crippen LogP contribution in [0.2, 0.25) is 0 Å². The van der Waals surface area contributed by atoms with Gasteiger partial charge in [-0.15, -0.1) is 24.8 Å². The molecule has 0 saturated heterocycles. The number of halogens is 2. The fourth-order valence-corrected chi connectivity index (χ4v) is 2.06. The molecular weight excluding hydrogens is 325 g/mol. The van der Waals surface area contributed by atoms with Gasteiger partial charge < -0.3 is 11.1 Å². The molecule has 2 aromatic heterocycles. The van der Waals surface area contributed by atoms with Gasteiger partial charge in [0.2, 0.25) is 5.91 Å². The average molecular weight is 344 g/mol. The van der Waals surface area contributed by atoms with E-state index in [1.165, 1.54) is 0 Å². The highest BCUT2D eigenvalue weighted by Gasteiger charge is 2.45. The normalized spacial score (nSPS) is 14.5. The molecule has 0 atom stereocenters. The molecule has 0 bridgehead atoms. The smallest absolute Gasteiger partial charge is 0.244 e. The number of carbonyl (C=O) groups excluding carboxylic acids is 1. The van der Waals surface area contributed by atoms with Gasteiger partial charge in [-0.2, -0.15) is 5.10 Å². The van der Waals surface area contributed by atoms with Gasteiger partial charge in [-0.1, -0.05) is 0 Å². The second kappa shape index (κ2) is 6.64. The van der Waals surface area contributed by atoms with Crippen molar-refractivity contribution in [3.63, 3.8) is 0 Å². The van der Waals surface area contributed by atoms with Crippen molar-refractivity contribution in [2.24, 2.45) is 5.73 Å². The lowest BCUT2D eigenvalue weighted by atomic mass is 10.2. The largest absolute Gasteiger partial charge is 0.323 e. The summed E-state index contributed by atoms with van der Waals surface area (Å²) in [6.07, 6.45) is 3.11. The van der Waals surface area contributed by atoms with Crippen LogP contribution in [-0.4, -0.2) is 26.2 Å². The average Bonchev–Trinajstić information content (AvgIpc) is 3.07. The maximum atomic E-state index is 11.8. The Kier molecular flexibility index (Phi) is 5.56. The number of nitrogens with two attached hydrogens (primary N) is 1. The van der Waals surface area contributed by atoms with Crippen LogP contribution < -0.4 is 11.1 Å². The fourth-order valence-electron chi connectivity index (χ4n) is 2.06. The summed E-state index contributed by atoms with van der Waals surface area (Å²) >= 11 is 0. The number of amides is 1. The molecule has 0 radical (unpaired) electrons. The molecule has 1 amide bonds. The predicted octanol–water partition coefficient (Wildman–Crippen LogP) is 2.16. The summed E-state index contributed by atoms with van der Waals surface area (Å²) in [5.41, 5.74) is 7.78. The monoisotopic (exact) mass is 343 g/mol. The summed E-state index contributed by atoms with van der Waals surface area (Å²) < 4.78 is 1.77. The van der Waals surface area contributed by atoms with Gasteiger partial charge in [-0.25, -0.2) is 9.67 Å². The number of carbonyl (C=O) groups is 1. The number of nitrogens with zero attached hydrogens (tertiary/aromatic N) is 3. The Morgan fingerprint density at radius 2 is 2.00 bits per heavy atom. The lowest BCUT2D eigenvalue weighted by Crippen LogP contribution is -2.37. The Bertz CT molecular complexity index is 664. The number of nitrogens with one attached hydrogen (secondary N) is 1. The van der Waals surface area contributed by atoms with E-state index in [9.17, 15) is 4.79 Å². The summed E-state index contributed by atoms with van der Waals surface area (Å²) in [4.78, 5) is 16.2. The molecule has 120 valence electrons. The van der Waals surface area contributed by atoms with Crippen molar-refractivity contribution in [3.05, 3.63) is 35.8 Å². The first kappa shape index (κ1) is 18.4. The van der Waals surface area contributed by atoms with Crippen LogP contribution in [0.3, 0.4) is 0 Å². The second-order valence-electron chi connectivity index (χ2n) is 5.35. The van der Waals surface area contributed by atoms with E-state index in [2.05, 4.69) is 15.4 Å². The predicted molar refractivity (Wildman–Crippen MR) is 90.1 cm³/mol. The van der Waals surface area contributed by atoms with E-state index < -0.39 is 5.54 Å². The number of pyridine rings is 1. The van der Waals surface area contributed by atoms with E-state index in [-0.39, 0.29) is 30.7 Å². The standard InChI is InChI=1S/C14H17N5O.2ClH/c1-9-7-10(2)19(18-9)12-4-3-11(8-16-12)17-13(20)14(15)5-6-14;;/h3-4,7-8H,5-6,15H2,1-2H3,(H,17,20);2*1H. The Hall–Kier alpha value is -1.63. The lowest BCUT2D eigenvalue weighted by Gasteiger charge is -2.10. The van der Waals surface area contributed by atoms with Gasteiger partial charge in [0.15, 0.2) is 5.82 Å². The van der Waals surface area contributed by atoms with Crippen LogP contribution >= 0.6 is 24.8 Å². The van der Waals surface area contributed by atoms with Crippen molar-refractivity contribution >= 4 is 36.4 Å². The van der Waals surface area contributed by atoms with E-state index in [0.717, 1.165) is 30.0 Å². The zero-order chi connectivity index (χ0) is 14.3. The highest BCUT2D eigenvalue weighted by atomic mass is 35.5. The third kappa shape index (κ3) is 3.58. The second-order valence-corrected chi connectivity index (χ2v) is 5.35. The molecule has 8 heteroatoms. The number of rotatable bonds is 3. The molecule has 1 saturated carbocycles. The van der Waals surface area contributed by atoms with E-state index in [0.29, 0.717) is 5.69 Å². The van der Waals surface area contributed by atoms with Gasteiger partial charge >= 0.3 is 0 Å². The van der Waals surface area contributed by atoms with E-state index in [4.69, 9.17) is 5.73 Å². The van der Waals surface area contributed by atoms with Crippen molar-refractivity contribution in [1.29, 1.82) is 0 Å². The first-order valence-corrected chi connectivity index (χ1v) is 6.58. The fraction of sp³-hybridized carbons (Fsp3) is 0.357. The minimum absolute atomic E-state index is 0. The molecule has 1 fully saturated rings. The zero-order valence-electron chi connectivity index (χ0n) is 12.4. The van der Waals surface area contributed by atoms with Crippen molar-refractivity contribution in [2.45, 2.75) is 32.2 Å². The molecule has 22 heavy (non-hydrogen) atoms. The summed E-state index contributed by atoms with van der Waals surface area (Å²) in [5, 5.41) is 7.15. The number of aryl methyl sites for hydroxylation is 2. The number of aromatic nitrogens is 3. The molecule has 2 heterocycles. The Morgan fingerprint density at radius 3 is 2.45 bits per heavy atom. The van der Waals surface area contributed by atoms with Crippen LogP contribution in [0, 0.1) is 13.8 Å². The molecular formula is C14H19Cl2N5O. The van der Waals surface area contributed by atoms with Crippen LogP contribution in [0.5, 0.6) is 0 Å². The maximum Gasteiger partial charge on any atom is 0.244 e. The van der Waals surface area contributed by atoms with Gasteiger partial charge in [0.05, 0.1) is 23.1 Å². The summed E-state index contributed by atoms with van der Waals surface area (Å²) in [6, 6.07) is 5.62. The Labute approximate surface area is 141 Å². The van der Waals surface area contributed by atoms with Gasteiger partial charge in [0.1, 0.15) is 0 Å². The first-order chi connectivity index (χ1) is 9.48. The third-order valence-corrected chi connectivity index (χ3v) is 3.47. The van der Waals surface area contributed by atoms with Crippen LogP contribution in [0.25, 0.3) is 5.82 Å². The molecule has 0 spiro atoms. The third-order valence-electron chi connectivity index (χ3n) is 3.47. The molecule has 1 aliphatic rings. The summed E-state index contributed by atoms with van der Waals surface area (Å²) in [6.45, 7) is 3.91. The van der Waals surface area contributed by atoms with Gasteiger partial charge in [-0.05, 0) is 44.9 Å². The molecule has 3 rings (SSSR count). The van der Waals surface area contributed by atoms with Crippen LogP contribution in [-0.2, 0) is 4.79 Å². The van der Waals surface area contributed by atoms with Crippen LogP contribution in [0.1, 0.15) is 24.2 Å². The van der Waals surface area contributed by atoms with Gasteiger partial charge in [-0.3, -0.25) is 4.79 Å². The highest BCUT2D eigenvalue weighted by Crippen LogP contribution is 2.33. The molecule has 0 unspecified atom stereocenters. The van der Waals surface area contributed by atoms with Crippen molar-refractivity contribution < 1.29 is 4.79 Å².